The van der Waals surface area contributed by atoms with Crippen LogP contribution in [0, 0.1) is 0 Å². The number of β-amino-alcohol motifs (C(OH)–C–C–N with tert-alkyl or cyclic N) is 1. The summed E-state index contributed by atoms with van der Waals surface area (Å²) in [5, 5.41) is 27.1. The molecule has 0 saturated carbocycles. The quantitative estimate of drug-likeness (QED) is 0.138. The predicted molar refractivity (Wildman–Crippen MR) is 143 cm³/mol. The van der Waals surface area contributed by atoms with Crippen LogP contribution in [0.3, 0.4) is 0 Å². The summed E-state index contributed by atoms with van der Waals surface area (Å²) in [4.78, 5) is 77.9. The molecule has 15 nitrogen and oxygen atoms in total. The second kappa shape index (κ2) is 13.9. The van der Waals surface area contributed by atoms with Crippen molar-refractivity contribution in [3.8, 4) is 5.75 Å². The SMILES string of the molecule is C[C@H](NC(=O)CN)C(=O)NCC(=O)N1C[C@H](O)C[C@H]1C(=O)N1CCC[C@H]1C(=O)N[C@@H](Cc1ccc(O)cc1)C(N)=O. The molecule has 0 spiro atoms. The van der Waals surface area contributed by atoms with Crippen LogP contribution < -0.4 is 27.4 Å². The minimum Gasteiger partial charge on any atom is -0.508 e. The molecule has 1 aromatic rings. The number of nitrogens with one attached hydrogen (secondary N) is 3. The van der Waals surface area contributed by atoms with Crippen molar-refractivity contribution in [2.24, 2.45) is 11.5 Å². The Balaban J connectivity index is 1.63. The molecule has 0 radical (unpaired) electrons. The van der Waals surface area contributed by atoms with Crippen LogP contribution in [-0.2, 0) is 35.2 Å². The van der Waals surface area contributed by atoms with E-state index in [4.69, 9.17) is 11.5 Å². The standard InChI is InChI=1S/C26H37N7O8/c1-14(30-21(36)11-27)24(39)29-12-22(37)33-13-17(35)10-20(33)26(41)32-8-2-3-19(32)25(40)31-18(23(28)38)9-15-4-6-16(34)7-5-15/h4-7,14,17-20,34-35H,2-3,8-13,27H2,1H3,(H2,28,38)(H,29,39)(H,30,36)(H,31,40)/t14-,17+,18-,19-,20-/m0/s1. The van der Waals surface area contributed by atoms with Crippen LogP contribution in [0.15, 0.2) is 24.3 Å². The molecule has 0 bridgehead atoms. The van der Waals surface area contributed by atoms with Crippen molar-refractivity contribution < 1.29 is 39.0 Å². The van der Waals surface area contributed by atoms with E-state index in [1.807, 2.05) is 0 Å². The highest BCUT2D eigenvalue weighted by Crippen LogP contribution is 2.25. The van der Waals surface area contributed by atoms with Crippen molar-refractivity contribution in [2.45, 2.75) is 62.9 Å². The number of aromatic hydroxyl groups is 1. The maximum Gasteiger partial charge on any atom is 0.246 e. The van der Waals surface area contributed by atoms with E-state index in [9.17, 15) is 39.0 Å². The second-order valence-corrected chi connectivity index (χ2v) is 10.2. The van der Waals surface area contributed by atoms with E-state index in [-0.39, 0.29) is 38.2 Å². The first kappa shape index (κ1) is 31.3. The van der Waals surface area contributed by atoms with Gasteiger partial charge in [0.15, 0.2) is 0 Å². The van der Waals surface area contributed by atoms with Crippen molar-refractivity contribution in [3.63, 3.8) is 0 Å². The molecule has 2 aliphatic rings. The first-order chi connectivity index (χ1) is 19.4. The van der Waals surface area contributed by atoms with E-state index in [2.05, 4.69) is 16.0 Å². The Bertz CT molecular complexity index is 1160. The number of amides is 6. The van der Waals surface area contributed by atoms with Gasteiger partial charge in [-0.3, -0.25) is 28.8 Å². The molecular weight excluding hydrogens is 538 g/mol. The van der Waals surface area contributed by atoms with Crippen molar-refractivity contribution in [1.82, 2.24) is 25.8 Å². The van der Waals surface area contributed by atoms with Gasteiger partial charge in [0.2, 0.25) is 35.4 Å². The van der Waals surface area contributed by atoms with Crippen LogP contribution in [0.1, 0.15) is 31.7 Å². The van der Waals surface area contributed by atoms with Gasteiger partial charge in [0, 0.05) is 25.9 Å². The second-order valence-electron chi connectivity index (χ2n) is 10.2. The van der Waals surface area contributed by atoms with E-state index in [1.54, 1.807) is 12.1 Å². The fraction of sp³-hybridized carbons (Fsp3) is 0.538. The number of nitrogens with zero attached hydrogens (tertiary/aromatic N) is 2. The first-order valence-corrected chi connectivity index (χ1v) is 13.3. The number of primary amides is 1. The smallest absolute Gasteiger partial charge is 0.246 e. The molecule has 5 atom stereocenters. The number of benzene rings is 1. The van der Waals surface area contributed by atoms with Crippen LogP contribution in [0.2, 0.25) is 0 Å². The van der Waals surface area contributed by atoms with Crippen molar-refractivity contribution in [3.05, 3.63) is 29.8 Å². The van der Waals surface area contributed by atoms with Crippen LogP contribution in [0.4, 0.5) is 0 Å². The average Bonchev–Trinajstić information content (AvgIpc) is 3.59. The lowest BCUT2D eigenvalue weighted by Gasteiger charge is -2.31. The number of aliphatic hydroxyl groups excluding tert-OH is 1. The van der Waals surface area contributed by atoms with Gasteiger partial charge in [-0.05, 0) is 37.5 Å². The number of aliphatic hydroxyl groups is 1. The number of hydrogen-bond acceptors (Lipinski definition) is 9. The zero-order chi connectivity index (χ0) is 30.3. The number of phenolic OH excluding ortho intramolecular Hbond substituents is 1. The summed E-state index contributed by atoms with van der Waals surface area (Å²) in [7, 11) is 0. The van der Waals surface area contributed by atoms with Gasteiger partial charge < -0.3 is 47.4 Å². The largest absolute Gasteiger partial charge is 0.508 e. The van der Waals surface area contributed by atoms with Gasteiger partial charge in [0.1, 0.15) is 29.9 Å². The first-order valence-electron chi connectivity index (χ1n) is 13.3. The Labute approximate surface area is 236 Å². The van der Waals surface area contributed by atoms with Gasteiger partial charge in [-0.1, -0.05) is 12.1 Å². The summed E-state index contributed by atoms with van der Waals surface area (Å²) in [5.41, 5.74) is 11.4. The third-order valence-corrected chi connectivity index (χ3v) is 7.13. The molecule has 9 N–H and O–H groups in total. The summed E-state index contributed by atoms with van der Waals surface area (Å²) < 4.78 is 0. The van der Waals surface area contributed by atoms with Crippen molar-refractivity contribution in [2.75, 3.05) is 26.2 Å². The van der Waals surface area contributed by atoms with Crippen LogP contribution in [-0.4, -0.2) is 112 Å². The van der Waals surface area contributed by atoms with E-state index in [1.165, 1.54) is 28.9 Å². The van der Waals surface area contributed by atoms with Crippen LogP contribution >= 0.6 is 0 Å². The molecule has 2 aliphatic heterocycles. The molecule has 2 fully saturated rings. The van der Waals surface area contributed by atoms with Crippen LogP contribution in [0.25, 0.3) is 0 Å². The summed E-state index contributed by atoms with van der Waals surface area (Å²) in [6, 6.07) is 2.12. The number of likely N-dealkylation sites (tertiary alicyclic amines) is 2. The third-order valence-electron chi connectivity index (χ3n) is 7.13. The normalized spacial score (nSPS) is 21.6. The maximum atomic E-state index is 13.5. The number of hydrogen-bond donors (Lipinski definition) is 7. The number of nitrogens with two attached hydrogens (primary N) is 2. The van der Waals surface area contributed by atoms with E-state index >= 15 is 0 Å². The zero-order valence-electron chi connectivity index (χ0n) is 22.7. The Hall–Kier alpha value is -4.24. The van der Waals surface area contributed by atoms with Gasteiger partial charge in [-0.15, -0.1) is 0 Å². The number of rotatable bonds is 11. The summed E-state index contributed by atoms with van der Waals surface area (Å²) in [6.45, 7) is 0.750. The molecule has 3 rings (SSSR count). The average molecular weight is 576 g/mol. The lowest BCUT2D eigenvalue weighted by molar-refractivity contribution is -0.146. The lowest BCUT2D eigenvalue weighted by Crippen LogP contribution is -2.56. The van der Waals surface area contributed by atoms with Gasteiger partial charge in [-0.25, -0.2) is 0 Å². The van der Waals surface area contributed by atoms with E-state index in [0.29, 0.717) is 18.4 Å². The topological polar surface area (TPSA) is 237 Å². The van der Waals surface area contributed by atoms with E-state index < -0.39 is 72.3 Å². The molecule has 2 heterocycles. The van der Waals surface area contributed by atoms with Crippen molar-refractivity contribution in [1.29, 1.82) is 0 Å². The van der Waals surface area contributed by atoms with Gasteiger partial charge in [0.05, 0.1) is 19.2 Å². The Morgan fingerprint density at radius 1 is 1.05 bits per heavy atom. The fourth-order valence-electron chi connectivity index (χ4n) is 4.96. The fourth-order valence-corrected chi connectivity index (χ4v) is 4.96. The van der Waals surface area contributed by atoms with Gasteiger partial charge in [0.25, 0.3) is 0 Å². The molecule has 6 amide bonds. The summed E-state index contributed by atoms with van der Waals surface area (Å²) in [5.74, 6) is -3.61. The van der Waals surface area contributed by atoms with Gasteiger partial charge in [-0.2, -0.15) is 0 Å². The highest BCUT2D eigenvalue weighted by Gasteiger charge is 2.45. The lowest BCUT2D eigenvalue weighted by atomic mass is 10.0. The maximum absolute atomic E-state index is 13.5. The molecule has 0 aliphatic carbocycles. The van der Waals surface area contributed by atoms with Crippen molar-refractivity contribution >= 4 is 35.4 Å². The summed E-state index contributed by atoms with van der Waals surface area (Å²) >= 11 is 0. The van der Waals surface area contributed by atoms with Crippen LogP contribution in [0.5, 0.6) is 5.75 Å². The Kier molecular flexibility index (Phi) is 10.6. The number of phenols is 1. The van der Waals surface area contributed by atoms with E-state index in [0.717, 1.165) is 0 Å². The predicted octanol–water partition coefficient (Wildman–Crippen LogP) is -3.56. The molecule has 0 aromatic heterocycles. The number of carbonyl (C=O) groups excluding carboxylic acids is 6. The van der Waals surface area contributed by atoms with Gasteiger partial charge >= 0.3 is 0 Å². The molecule has 0 unspecified atom stereocenters. The molecular formula is C26H37N7O8. The highest BCUT2D eigenvalue weighted by atomic mass is 16.3. The summed E-state index contributed by atoms with van der Waals surface area (Å²) in [6.07, 6.45) is -0.107. The molecule has 1 aromatic carbocycles. The molecule has 15 heteroatoms. The molecule has 2 saturated heterocycles. The third kappa shape index (κ3) is 8.14. The zero-order valence-corrected chi connectivity index (χ0v) is 22.7. The number of carbonyl (C=O) groups is 6. The monoisotopic (exact) mass is 575 g/mol. The molecule has 224 valence electrons. The highest BCUT2D eigenvalue weighted by molar-refractivity contribution is 5.96. The molecule has 41 heavy (non-hydrogen) atoms. The Morgan fingerprint density at radius 3 is 2.37 bits per heavy atom. The minimum atomic E-state index is -1.06. The Morgan fingerprint density at radius 2 is 1.73 bits per heavy atom. The minimum absolute atomic E-state index is 0.0446.